The smallest absolute Gasteiger partial charge is 0.408 e. The van der Waals surface area contributed by atoms with E-state index >= 15 is 0 Å². The Hall–Kier alpha value is -3.68. The van der Waals surface area contributed by atoms with Gasteiger partial charge >= 0.3 is 12.1 Å². The number of nitrogens with one attached hydrogen (secondary N) is 1. The minimum Gasteiger partial charge on any atom is -0.480 e. The monoisotopic (exact) mass is 466 g/mol. The van der Waals surface area contributed by atoms with Crippen LogP contribution in [-0.4, -0.2) is 58.0 Å². The number of aliphatic carboxylic acids is 1. The van der Waals surface area contributed by atoms with E-state index in [-0.39, 0.29) is 13.0 Å². The molecular weight excluding hydrogens is 436 g/mol. The Labute approximate surface area is 198 Å². The molecule has 0 bridgehead atoms. The number of carboxylic acid groups (broad SMARTS) is 1. The molecule has 0 spiro atoms. The SMILES string of the molecule is CC(C)(C)OC(=O)NC1(Cc2ccccc2)C(=O)C(Cc2ccccc2)CN(CC(=O)O)C1=O. The van der Waals surface area contributed by atoms with Gasteiger partial charge in [-0.05, 0) is 38.3 Å². The number of carbonyl (C=O) groups is 4. The van der Waals surface area contributed by atoms with E-state index in [9.17, 15) is 24.3 Å². The fourth-order valence-electron chi connectivity index (χ4n) is 4.21. The number of piperidine rings is 1. The lowest BCUT2D eigenvalue weighted by atomic mass is 9.74. The van der Waals surface area contributed by atoms with Crippen LogP contribution < -0.4 is 5.32 Å². The van der Waals surface area contributed by atoms with Crippen LogP contribution in [0.4, 0.5) is 4.79 Å². The van der Waals surface area contributed by atoms with Gasteiger partial charge in [0.1, 0.15) is 12.1 Å². The number of benzene rings is 2. The van der Waals surface area contributed by atoms with Gasteiger partial charge in [-0.3, -0.25) is 19.7 Å². The zero-order valence-electron chi connectivity index (χ0n) is 19.6. The third-order valence-corrected chi connectivity index (χ3v) is 5.56. The number of hydrogen-bond donors (Lipinski definition) is 2. The molecule has 3 rings (SSSR count). The van der Waals surface area contributed by atoms with Crippen LogP contribution >= 0.6 is 0 Å². The Bertz CT molecular complexity index is 1050. The first-order valence-corrected chi connectivity index (χ1v) is 11.1. The van der Waals surface area contributed by atoms with E-state index in [1.54, 1.807) is 51.1 Å². The summed E-state index contributed by atoms with van der Waals surface area (Å²) in [5.74, 6) is -3.12. The van der Waals surface area contributed by atoms with E-state index in [0.29, 0.717) is 12.0 Å². The second kappa shape index (κ2) is 10.1. The molecule has 2 aromatic carbocycles. The number of carbonyl (C=O) groups excluding carboxylic acids is 3. The van der Waals surface area contributed by atoms with Gasteiger partial charge < -0.3 is 14.7 Å². The molecule has 8 heteroatoms. The van der Waals surface area contributed by atoms with Crippen LogP contribution in [0.25, 0.3) is 0 Å². The molecule has 1 aliphatic rings. The maximum absolute atomic E-state index is 13.9. The Kier molecular flexibility index (Phi) is 7.39. The average molecular weight is 467 g/mol. The van der Waals surface area contributed by atoms with E-state index in [4.69, 9.17) is 4.74 Å². The molecule has 1 aliphatic heterocycles. The highest BCUT2D eigenvalue weighted by Crippen LogP contribution is 2.30. The molecule has 2 unspecified atom stereocenters. The number of rotatable bonds is 7. The van der Waals surface area contributed by atoms with Gasteiger partial charge in [-0.15, -0.1) is 0 Å². The first kappa shape index (κ1) is 25.0. The molecule has 180 valence electrons. The van der Waals surface area contributed by atoms with E-state index in [2.05, 4.69) is 5.32 Å². The van der Waals surface area contributed by atoms with Gasteiger partial charge in [0.05, 0.1) is 0 Å². The van der Waals surface area contributed by atoms with Crippen molar-refractivity contribution in [2.24, 2.45) is 5.92 Å². The minimum absolute atomic E-state index is 0.0502. The van der Waals surface area contributed by atoms with Crippen molar-refractivity contribution < 1.29 is 29.0 Å². The van der Waals surface area contributed by atoms with Crippen LogP contribution in [-0.2, 0) is 32.0 Å². The fourth-order valence-corrected chi connectivity index (χ4v) is 4.21. The summed E-state index contributed by atoms with van der Waals surface area (Å²) in [6.45, 7) is 4.40. The first-order valence-electron chi connectivity index (χ1n) is 11.1. The average Bonchev–Trinajstić information content (AvgIpc) is 2.75. The van der Waals surface area contributed by atoms with Crippen molar-refractivity contribution >= 4 is 23.8 Å². The Morgan fingerprint density at radius 1 is 1.03 bits per heavy atom. The molecule has 1 heterocycles. The van der Waals surface area contributed by atoms with Gasteiger partial charge in [0, 0.05) is 18.9 Å². The van der Waals surface area contributed by atoms with E-state index in [1.807, 2.05) is 30.3 Å². The maximum atomic E-state index is 13.9. The summed E-state index contributed by atoms with van der Waals surface area (Å²) in [6.07, 6.45) is -0.734. The second-order valence-electron chi connectivity index (χ2n) is 9.52. The van der Waals surface area contributed by atoms with Crippen molar-refractivity contribution in [1.82, 2.24) is 10.2 Å². The van der Waals surface area contributed by atoms with Gasteiger partial charge in [-0.25, -0.2) is 4.79 Å². The number of hydrogen-bond acceptors (Lipinski definition) is 5. The summed E-state index contributed by atoms with van der Waals surface area (Å²) >= 11 is 0. The first-order chi connectivity index (χ1) is 16.0. The number of alkyl carbamates (subject to hydrolysis) is 1. The van der Waals surface area contributed by atoms with Crippen molar-refractivity contribution in [2.75, 3.05) is 13.1 Å². The summed E-state index contributed by atoms with van der Waals surface area (Å²) in [5.41, 5.74) is -1.33. The highest BCUT2D eigenvalue weighted by atomic mass is 16.6. The molecular formula is C26H30N2O6. The van der Waals surface area contributed by atoms with Crippen LogP contribution in [0.15, 0.2) is 60.7 Å². The van der Waals surface area contributed by atoms with Crippen molar-refractivity contribution in [3.05, 3.63) is 71.8 Å². The molecule has 0 saturated carbocycles. The summed E-state index contributed by atoms with van der Waals surface area (Å²) in [4.78, 5) is 53.1. The number of carboxylic acids is 1. The largest absolute Gasteiger partial charge is 0.480 e. The van der Waals surface area contributed by atoms with Gasteiger partial charge in [0.25, 0.3) is 5.91 Å². The van der Waals surface area contributed by atoms with Crippen LogP contribution in [0.2, 0.25) is 0 Å². The maximum Gasteiger partial charge on any atom is 0.408 e. The minimum atomic E-state index is -1.99. The molecule has 2 amide bonds. The third kappa shape index (κ3) is 6.01. The zero-order chi connectivity index (χ0) is 24.9. The molecule has 1 saturated heterocycles. The normalized spacial score (nSPS) is 20.7. The predicted octanol–water partition coefficient (Wildman–Crippen LogP) is 2.85. The summed E-state index contributed by atoms with van der Waals surface area (Å²) in [6, 6.07) is 18.1. The topological polar surface area (TPSA) is 113 Å². The quantitative estimate of drug-likeness (QED) is 0.607. The van der Waals surface area contributed by atoms with Crippen LogP contribution in [0.1, 0.15) is 31.9 Å². The van der Waals surface area contributed by atoms with Crippen molar-refractivity contribution in [3.63, 3.8) is 0 Å². The van der Waals surface area contributed by atoms with Crippen LogP contribution in [0.5, 0.6) is 0 Å². The van der Waals surface area contributed by atoms with E-state index in [0.717, 1.165) is 10.5 Å². The van der Waals surface area contributed by atoms with Crippen molar-refractivity contribution in [3.8, 4) is 0 Å². The molecule has 2 aromatic rings. The summed E-state index contributed by atoms with van der Waals surface area (Å²) in [7, 11) is 0. The molecule has 2 N–H and O–H groups in total. The van der Waals surface area contributed by atoms with E-state index in [1.165, 1.54) is 0 Å². The van der Waals surface area contributed by atoms with Crippen LogP contribution in [0.3, 0.4) is 0 Å². The standard InChI is InChI=1S/C26H30N2O6/c1-25(2,3)34-24(33)27-26(15-19-12-8-5-9-13-19)22(31)20(14-18-10-6-4-7-11-18)16-28(23(26)32)17-21(29)30/h4-13,20H,14-17H2,1-3H3,(H,27,33)(H,29,30). The van der Waals surface area contributed by atoms with Gasteiger partial charge in [-0.1, -0.05) is 60.7 Å². The molecule has 34 heavy (non-hydrogen) atoms. The molecule has 0 aromatic heterocycles. The molecule has 1 fully saturated rings. The number of Topliss-reactive ketones (excluding diaryl/α,β-unsaturated/α-hetero) is 1. The summed E-state index contributed by atoms with van der Waals surface area (Å²) in [5, 5.41) is 12.0. The van der Waals surface area contributed by atoms with Gasteiger partial charge in [0.15, 0.2) is 11.3 Å². The number of nitrogens with zero attached hydrogens (tertiary/aromatic N) is 1. The number of ether oxygens (including phenoxy) is 1. The van der Waals surface area contributed by atoms with Crippen molar-refractivity contribution in [1.29, 1.82) is 0 Å². The lowest BCUT2D eigenvalue weighted by Gasteiger charge is -2.44. The number of ketones is 1. The third-order valence-electron chi connectivity index (χ3n) is 5.56. The Balaban J connectivity index is 2.06. The molecule has 8 nitrogen and oxygen atoms in total. The molecule has 2 atom stereocenters. The second-order valence-corrected chi connectivity index (χ2v) is 9.52. The summed E-state index contributed by atoms with van der Waals surface area (Å²) < 4.78 is 5.38. The van der Waals surface area contributed by atoms with Crippen molar-refractivity contribution in [2.45, 2.75) is 44.8 Å². The lowest BCUT2D eigenvalue weighted by Crippen LogP contribution is -2.72. The number of likely N-dealkylation sites (tertiary alicyclic amines) is 1. The Morgan fingerprint density at radius 3 is 2.12 bits per heavy atom. The predicted molar refractivity (Wildman–Crippen MR) is 125 cm³/mol. The highest BCUT2D eigenvalue weighted by Gasteiger charge is 2.56. The fraction of sp³-hybridized carbons (Fsp3) is 0.385. The molecule has 0 aliphatic carbocycles. The highest BCUT2D eigenvalue weighted by molar-refractivity contribution is 6.15. The lowest BCUT2D eigenvalue weighted by molar-refractivity contribution is -0.158. The van der Waals surface area contributed by atoms with Gasteiger partial charge in [-0.2, -0.15) is 0 Å². The zero-order valence-corrected chi connectivity index (χ0v) is 19.6. The number of amides is 2. The van der Waals surface area contributed by atoms with Crippen LogP contribution in [0, 0.1) is 5.92 Å². The Morgan fingerprint density at radius 2 is 1.59 bits per heavy atom. The van der Waals surface area contributed by atoms with E-state index < -0.39 is 47.4 Å². The van der Waals surface area contributed by atoms with Gasteiger partial charge in [0.2, 0.25) is 0 Å². The molecule has 0 radical (unpaired) electrons.